The zero-order valence-corrected chi connectivity index (χ0v) is 29.2. The molecule has 2 saturated carbocycles. The smallest absolute Gasteiger partial charge is 0.248 e. The minimum Gasteiger partial charge on any atom is -0.322 e. The van der Waals surface area contributed by atoms with E-state index in [1.165, 1.54) is 13.2 Å². The number of Topliss-reactive ketones (excluding diaryl/α,β-unsaturated/α-hetero) is 1. The van der Waals surface area contributed by atoms with Gasteiger partial charge in [-0.05, 0) is 96.8 Å². The van der Waals surface area contributed by atoms with Crippen molar-refractivity contribution in [1.82, 2.24) is 29.6 Å². The van der Waals surface area contributed by atoms with Crippen molar-refractivity contribution >= 4 is 60.0 Å². The number of nitrogens with zero attached hydrogens (tertiary/aromatic N) is 6. The monoisotopic (exact) mass is 718 g/mol. The second kappa shape index (κ2) is 10.7. The first-order valence-electron chi connectivity index (χ1n) is 15.4. The van der Waals surface area contributed by atoms with E-state index in [0.717, 1.165) is 28.7 Å². The quantitative estimate of drug-likeness (QED) is 0.183. The number of piperidine rings is 1. The Bertz CT molecular complexity index is 2130. The molecule has 12 nitrogen and oxygen atoms in total. The van der Waals surface area contributed by atoms with Gasteiger partial charge < -0.3 is 10.2 Å². The van der Waals surface area contributed by atoms with Crippen molar-refractivity contribution in [3.63, 3.8) is 0 Å². The number of hydrogen-bond donors (Lipinski definition) is 2. The molecule has 2 aliphatic carbocycles. The Hall–Kier alpha value is -4.04. The third-order valence-electron chi connectivity index (χ3n) is 10.3. The number of halogens is 1. The molecule has 3 aliphatic rings. The van der Waals surface area contributed by atoms with Crippen molar-refractivity contribution in [2.45, 2.75) is 65.1 Å². The number of benzene rings is 1. The first-order chi connectivity index (χ1) is 22.1. The van der Waals surface area contributed by atoms with Gasteiger partial charge in [0.2, 0.25) is 11.8 Å². The number of aromatic nitrogens is 5. The van der Waals surface area contributed by atoms with Gasteiger partial charge in [-0.3, -0.25) is 28.1 Å². The molecule has 3 fully saturated rings. The molecule has 2 unspecified atom stereocenters. The van der Waals surface area contributed by atoms with Crippen molar-refractivity contribution in [3.8, 4) is 11.1 Å². The molecular weight excluding hydrogens is 684 g/mol. The number of ketones is 1. The fraction of sp³-hybridized carbons (Fsp3) is 0.424. The highest BCUT2D eigenvalue weighted by atomic mass is 79.9. The molecule has 1 aromatic carbocycles. The van der Waals surface area contributed by atoms with E-state index in [0.29, 0.717) is 40.0 Å². The van der Waals surface area contributed by atoms with Gasteiger partial charge in [-0.1, -0.05) is 6.07 Å². The van der Waals surface area contributed by atoms with E-state index >= 15 is 0 Å². The number of carbonyl (C=O) groups excluding carboxylic acids is 3. The third-order valence-corrected chi connectivity index (χ3v) is 11.7. The molecule has 244 valence electrons. The molecule has 5 atom stereocenters. The molecule has 4 heterocycles. The lowest BCUT2D eigenvalue weighted by molar-refractivity contribution is -0.139. The van der Waals surface area contributed by atoms with Crippen LogP contribution in [0.1, 0.15) is 53.6 Å². The van der Waals surface area contributed by atoms with Gasteiger partial charge >= 0.3 is 0 Å². The molecule has 14 heteroatoms. The SMILES string of the molecule is CC(=O)c1nn(CC(=O)N2[C@H](C(=O)Nc3nc(Br)ccc3C)C[C@@]3(CCS(C)(=N)=O)C4C[C@@]423)c2c(C)cc(-c3cnc(C)nc3)cc12. The predicted molar refractivity (Wildman–Crippen MR) is 180 cm³/mol. The lowest BCUT2D eigenvalue weighted by Gasteiger charge is -2.28. The summed E-state index contributed by atoms with van der Waals surface area (Å²) in [6.07, 6.45) is 6.61. The number of amides is 2. The van der Waals surface area contributed by atoms with Crippen LogP contribution in [0.5, 0.6) is 0 Å². The first-order valence-corrected chi connectivity index (χ1v) is 18.4. The summed E-state index contributed by atoms with van der Waals surface area (Å²) in [5, 5.41) is 8.21. The molecule has 2 amide bonds. The van der Waals surface area contributed by atoms with Gasteiger partial charge in [-0.15, -0.1) is 0 Å². The zero-order valence-electron chi connectivity index (χ0n) is 26.8. The number of pyridine rings is 1. The van der Waals surface area contributed by atoms with Crippen LogP contribution in [0.15, 0.2) is 41.3 Å². The van der Waals surface area contributed by atoms with Crippen LogP contribution in [0.2, 0.25) is 0 Å². The van der Waals surface area contributed by atoms with Crippen LogP contribution >= 0.6 is 15.9 Å². The standard InChI is InChI=1S/C33H35BrN8O4S/c1-17-6-7-26(34)38-30(17)39-31(45)24-12-32(8-9-47(5,35)46)25-13-33(25,32)42(24)27(44)16-41-29-18(2)10-21(22-14-36-20(4)37-15-22)11-23(29)28(40-41)19(3)43/h6-7,10-11,14-15,24-25,35H,8-9,12-13,16H2,1-5H3,(H,38,39,45)/t24-,25?,32-,33-,47?/m0/s1. The molecule has 2 N–H and O–H groups in total. The fourth-order valence-electron chi connectivity index (χ4n) is 7.92. The average molecular weight is 720 g/mol. The van der Waals surface area contributed by atoms with Crippen LogP contribution in [0.4, 0.5) is 5.82 Å². The molecular formula is C33H35BrN8O4S. The highest BCUT2D eigenvalue weighted by Gasteiger charge is 2.95. The average Bonchev–Trinajstić information content (AvgIpc) is 3.78. The highest BCUT2D eigenvalue weighted by molar-refractivity contribution is 9.10. The summed E-state index contributed by atoms with van der Waals surface area (Å²) < 4.78 is 22.6. The predicted octanol–water partition coefficient (Wildman–Crippen LogP) is 4.84. The van der Waals surface area contributed by atoms with Gasteiger partial charge in [-0.25, -0.2) is 15.0 Å². The fourth-order valence-corrected chi connectivity index (χ4v) is 8.99. The molecule has 3 aromatic heterocycles. The van der Waals surface area contributed by atoms with E-state index < -0.39 is 21.3 Å². The number of aryl methyl sites for hydroxylation is 3. The van der Waals surface area contributed by atoms with E-state index in [1.54, 1.807) is 28.0 Å². The lowest BCUT2D eigenvalue weighted by atomic mass is 9.86. The third kappa shape index (κ3) is 5.07. The molecule has 0 bridgehead atoms. The van der Waals surface area contributed by atoms with Gasteiger partial charge in [0, 0.05) is 57.4 Å². The molecule has 4 aromatic rings. The van der Waals surface area contributed by atoms with Gasteiger partial charge in [-0.2, -0.15) is 5.10 Å². The van der Waals surface area contributed by atoms with Crippen molar-refractivity contribution < 1.29 is 18.6 Å². The maximum absolute atomic E-state index is 14.4. The minimum absolute atomic E-state index is 0.164. The maximum Gasteiger partial charge on any atom is 0.248 e. The molecule has 7 rings (SSSR count). The van der Waals surface area contributed by atoms with E-state index in [4.69, 9.17) is 4.78 Å². The van der Waals surface area contributed by atoms with Crippen LogP contribution < -0.4 is 5.32 Å². The Kier molecular flexibility index (Phi) is 7.21. The molecule has 47 heavy (non-hydrogen) atoms. The van der Waals surface area contributed by atoms with E-state index in [-0.39, 0.29) is 46.9 Å². The number of fused-ring (bicyclic) bond motifs is 2. The number of nitrogens with one attached hydrogen (secondary N) is 2. The van der Waals surface area contributed by atoms with Crippen LogP contribution in [0, 0.1) is 36.9 Å². The summed E-state index contributed by atoms with van der Waals surface area (Å²) in [6.45, 7) is 6.86. The van der Waals surface area contributed by atoms with Gasteiger partial charge in [0.05, 0.1) is 11.1 Å². The number of likely N-dealkylation sites (tertiary alicyclic amines) is 1. The number of rotatable bonds is 9. The zero-order chi connectivity index (χ0) is 33.6. The summed E-state index contributed by atoms with van der Waals surface area (Å²) >= 11 is 3.37. The largest absolute Gasteiger partial charge is 0.322 e. The second-order valence-corrected chi connectivity index (χ2v) is 16.6. The molecule has 1 spiro atoms. The summed E-state index contributed by atoms with van der Waals surface area (Å²) in [6, 6.07) is 6.71. The topological polar surface area (TPSA) is 164 Å². The number of anilines is 1. The Morgan fingerprint density at radius 2 is 1.81 bits per heavy atom. The Morgan fingerprint density at radius 3 is 2.47 bits per heavy atom. The first kappa shape index (κ1) is 31.6. The van der Waals surface area contributed by atoms with E-state index in [2.05, 4.69) is 41.3 Å². The van der Waals surface area contributed by atoms with E-state index in [1.807, 2.05) is 39.0 Å². The van der Waals surface area contributed by atoms with Crippen molar-refractivity contribution in [2.24, 2.45) is 11.3 Å². The summed E-state index contributed by atoms with van der Waals surface area (Å²) in [7, 11) is -2.75. The molecule has 1 saturated heterocycles. The Balaban J connectivity index is 1.24. The second-order valence-electron chi connectivity index (χ2n) is 13.3. The highest BCUT2D eigenvalue weighted by Crippen LogP contribution is 2.89. The van der Waals surface area contributed by atoms with Crippen molar-refractivity contribution in [2.75, 3.05) is 17.3 Å². The molecule has 1 aliphatic heterocycles. The summed E-state index contributed by atoms with van der Waals surface area (Å²) in [5.74, 6) is 0.648. The molecule has 0 radical (unpaired) electrons. The van der Waals surface area contributed by atoms with E-state index in [9.17, 15) is 18.6 Å². The number of hydrogen-bond acceptors (Lipinski definition) is 9. The normalized spacial score (nSPS) is 25.2. The maximum atomic E-state index is 14.4. The van der Waals surface area contributed by atoms with Gasteiger partial charge in [0.1, 0.15) is 34.5 Å². The van der Waals surface area contributed by atoms with Crippen molar-refractivity contribution in [3.05, 3.63) is 63.9 Å². The number of carbonyl (C=O) groups is 3. The van der Waals surface area contributed by atoms with Crippen LogP contribution in [-0.2, 0) is 25.9 Å². The van der Waals surface area contributed by atoms with Gasteiger partial charge in [0.15, 0.2) is 5.78 Å². The lowest BCUT2D eigenvalue weighted by Crippen LogP contribution is -2.48. The van der Waals surface area contributed by atoms with Crippen molar-refractivity contribution in [1.29, 1.82) is 4.78 Å². The van der Waals surface area contributed by atoms with Gasteiger partial charge in [0.25, 0.3) is 0 Å². The Labute approximate surface area is 280 Å². The van der Waals surface area contributed by atoms with Crippen LogP contribution in [-0.4, -0.2) is 75.0 Å². The minimum atomic E-state index is -2.75. The van der Waals surface area contributed by atoms with Crippen LogP contribution in [0.25, 0.3) is 22.0 Å². The Morgan fingerprint density at radius 1 is 1.09 bits per heavy atom. The summed E-state index contributed by atoms with van der Waals surface area (Å²) in [5.41, 5.74) is 3.32. The van der Waals surface area contributed by atoms with Crippen LogP contribution in [0.3, 0.4) is 0 Å². The summed E-state index contributed by atoms with van der Waals surface area (Å²) in [4.78, 5) is 55.9.